The molecule has 1 heterocycles. The monoisotopic (exact) mass is 367 g/mol. The molecule has 0 unspecified atom stereocenters. The number of hydrogen-bond acceptors (Lipinski definition) is 7. The molecule has 0 bridgehead atoms. The molecule has 7 heteroatoms. The lowest BCUT2D eigenvalue weighted by molar-refractivity contribution is -0.139. The number of aliphatic hydroxyl groups is 1. The number of ether oxygens (including phenoxy) is 3. The topological polar surface area (TPSA) is 86.6 Å². The predicted octanol–water partition coefficient (Wildman–Crippen LogP) is 2.02. The molecule has 1 aliphatic rings. The highest BCUT2D eigenvalue weighted by Gasteiger charge is 2.28. The predicted molar refractivity (Wildman–Crippen MR) is 98.8 cm³/mol. The van der Waals surface area contributed by atoms with E-state index in [0.29, 0.717) is 6.42 Å². The van der Waals surface area contributed by atoms with Gasteiger partial charge in [0.1, 0.15) is 12.2 Å². The number of rotatable bonds is 11. The van der Waals surface area contributed by atoms with Crippen molar-refractivity contribution in [2.75, 3.05) is 20.8 Å². The molecule has 5 atom stereocenters. The van der Waals surface area contributed by atoms with Gasteiger partial charge in [-0.2, -0.15) is 0 Å². The van der Waals surface area contributed by atoms with Crippen molar-refractivity contribution in [1.29, 1.82) is 0 Å². The summed E-state index contributed by atoms with van der Waals surface area (Å²) in [4.78, 5) is 16.6. The third-order valence-corrected chi connectivity index (χ3v) is 3.94. The molecule has 7 nitrogen and oxygen atoms in total. The average Bonchev–Trinajstić information content (AvgIpc) is 2.65. The van der Waals surface area contributed by atoms with Gasteiger partial charge < -0.3 is 24.2 Å². The highest BCUT2D eigenvalue weighted by molar-refractivity contribution is 5.71. The summed E-state index contributed by atoms with van der Waals surface area (Å²) in [5, 5.41) is 13.4. The van der Waals surface area contributed by atoms with Gasteiger partial charge in [0.2, 0.25) is 0 Å². The van der Waals surface area contributed by atoms with Crippen LogP contribution in [0.2, 0.25) is 0 Å². The molecule has 26 heavy (non-hydrogen) atoms. The van der Waals surface area contributed by atoms with E-state index in [9.17, 15) is 9.90 Å². The summed E-state index contributed by atoms with van der Waals surface area (Å²) in [7, 11) is 2.92. The van der Waals surface area contributed by atoms with Gasteiger partial charge in [0.25, 0.3) is 0 Å². The van der Waals surface area contributed by atoms with E-state index in [1.807, 2.05) is 25.2 Å². The van der Waals surface area contributed by atoms with Crippen LogP contribution in [0.1, 0.15) is 19.8 Å². The quantitative estimate of drug-likeness (QED) is 0.260. The zero-order valence-electron chi connectivity index (χ0n) is 15.6. The van der Waals surface area contributed by atoms with Crippen LogP contribution < -0.4 is 0 Å². The molecular formula is C19H29NO6. The van der Waals surface area contributed by atoms with Gasteiger partial charge in [-0.15, -0.1) is 6.58 Å². The van der Waals surface area contributed by atoms with E-state index >= 15 is 0 Å². The number of hydrogen-bond donors (Lipinski definition) is 1. The van der Waals surface area contributed by atoms with Gasteiger partial charge in [-0.1, -0.05) is 36.4 Å². The molecule has 0 saturated heterocycles. The number of aliphatic hydroxyl groups excluding tert-OH is 1. The van der Waals surface area contributed by atoms with Crippen LogP contribution in [0.5, 0.6) is 0 Å². The van der Waals surface area contributed by atoms with Crippen molar-refractivity contribution in [2.45, 2.75) is 44.2 Å². The molecule has 0 aromatic carbocycles. The molecule has 0 spiro atoms. The van der Waals surface area contributed by atoms with E-state index in [4.69, 9.17) is 14.3 Å². The van der Waals surface area contributed by atoms with E-state index in [1.165, 1.54) is 7.11 Å². The minimum absolute atomic E-state index is 0.0132. The van der Waals surface area contributed by atoms with Crippen molar-refractivity contribution in [3.8, 4) is 0 Å². The fourth-order valence-electron chi connectivity index (χ4n) is 2.40. The van der Waals surface area contributed by atoms with Gasteiger partial charge in [-0.3, -0.25) is 4.79 Å². The number of nitrogens with zero attached hydrogens (tertiary/aromatic N) is 1. The van der Waals surface area contributed by atoms with E-state index in [1.54, 1.807) is 25.5 Å². The van der Waals surface area contributed by atoms with Crippen molar-refractivity contribution >= 4 is 12.2 Å². The zero-order chi connectivity index (χ0) is 19.4. The molecular weight excluding hydrogens is 338 g/mol. The Morgan fingerprint density at radius 1 is 1.42 bits per heavy atom. The minimum Gasteiger partial charge on any atom is -0.469 e. The maximum absolute atomic E-state index is 11.1. The van der Waals surface area contributed by atoms with E-state index in [2.05, 4.69) is 16.5 Å². The number of carbonyl (C=O) groups excluding carboxylic acids is 1. The summed E-state index contributed by atoms with van der Waals surface area (Å²) in [6, 6.07) is 0. The molecule has 0 saturated carbocycles. The molecule has 0 radical (unpaired) electrons. The Bertz CT molecular complexity index is 516. The first-order valence-corrected chi connectivity index (χ1v) is 8.56. The van der Waals surface area contributed by atoms with Gasteiger partial charge >= 0.3 is 5.97 Å². The van der Waals surface area contributed by atoms with Crippen LogP contribution in [-0.2, 0) is 23.8 Å². The number of esters is 1. The van der Waals surface area contributed by atoms with Crippen LogP contribution in [0.15, 0.2) is 42.1 Å². The van der Waals surface area contributed by atoms with Crippen LogP contribution in [0.3, 0.4) is 0 Å². The first kappa shape index (κ1) is 22.1. The first-order valence-electron chi connectivity index (χ1n) is 8.56. The normalized spacial score (nSPS) is 25.3. The Morgan fingerprint density at radius 2 is 2.19 bits per heavy atom. The van der Waals surface area contributed by atoms with Gasteiger partial charge in [-0.25, -0.2) is 0 Å². The second-order valence-corrected chi connectivity index (χ2v) is 5.90. The van der Waals surface area contributed by atoms with Crippen LogP contribution in [0.4, 0.5) is 0 Å². The SMILES string of the molecule is C=CC[C@@H]1C=C[C@H](O/N=C/[C@@H](OC)[C@H](C)/C=C/CC(=O)OC)[C@@H](CO)O1. The molecule has 0 fully saturated rings. The fourth-order valence-corrected chi connectivity index (χ4v) is 2.40. The molecule has 146 valence electrons. The molecule has 1 rings (SSSR count). The minimum atomic E-state index is -0.486. The fraction of sp³-hybridized carbons (Fsp3) is 0.579. The second-order valence-electron chi connectivity index (χ2n) is 5.90. The van der Waals surface area contributed by atoms with Crippen LogP contribution >= 0.6 is 0 Å². The lowest BCUT2D eigenvalue weighted by atomic mass is 10.0. The maximum Gasteiger partial charge on any atom is 0.309 e. The van der Waals surface area contributed by atoms with Crippen molar-refractivity contribution in [2.24, 2.45) is 11.1 Å². The summed E-state index contributed by atoms with van der Waals surface area (Å²) in [6.45, 7) is 5.45. The first-order chi connectivity index (χ1) is 12.5. The maximum atomic E-state index is 11.1. The highest BCUT2D eigenvalue weighted by Crippen LogP contribution is 2.18. The van der Waals surface area contributed by atoms with E-state index in [-0.39, 0.29) is 37.1 Å². The molecule has 1 N–H and O–H groups in total. The summed E-state index contributed by atoms with van der Waals surface area (Å²) in [5.74, 6) is -0.311. The van der Waals surface area contributed by atoms with E-state index < -0.39 is 12.2 Å². The Morgan fingerprint density at radius 3 is 2.81 bits per heavy atom. The Balaban J connectivity index is 2.56. The lowest BCUT2D eigenvalue weighted by Gasteiger charge is -2.29. The molecule has 1 aliphatic heterocycles. The Kier molecular flexibility index (Phi) is 10.5. The van der Waals surface area contributed by atoms with Crippen LogP contribution in [0, 0.1) is 5.92 Å². The lowest BCUT2D eigenvalue weighted by Crippen LogP contribution is -2.38. The summed E-state index contributed by atoms with van der Waals surface area (Å²) >= 11 is 0. The third kappa shape index (κ3) is 7.51. The molecule has 0 aromatic rings. The molecule has 0 aromatic heterocycles. The average molecular weight is 367 g/mol. The van der Waals surface area contributed by atoms with Crippen molar-refractivity contribution in [1.82, 2.24) is 0 Å². The van der Waals surface area contributed by atoms with Gasteiger partial charge in [0, 0.05) is 13.0 Å². The van der Waals surface area contributed by atoms with Crippen molar-refractivity contribution in [3.05, 3.63) is 37.0 Å². The summed E-state index contributed by atoms with van der Waals surface area (Å²) < 4.78 is 15.7. The smallest absolute Gasteiger partial charge is 0.309 e. The largest absolute Gasteiger partial charge is 0.469 e. The van der Waals surface area contributed by atoms with E-state index in [0.717, 1.165) is 0 Å². The van der Waals surface area contributed by atoms with Gasteiger partial charge in [0.15, 0.2) is 6.10 Å². The van der Waals surface area contributed by atoms with Gasteiger partial charge in [-0.05, 0) is 12.5 Å². The molecule has 0 aliphatic carbocycles. The Hall–Kier alpha value is -1.96. The van der Waals surface area contributed by atoms with Crippen LogP contribution in [-0.4, -0.2) is 62.5 Å². The third-order valence-electron chi connectivity index (χ3n) is 3.94. The molecule has 0 amide bonds. The highest BCUT2D eigenvalue weighted by atomic mass is 16.7. The summed E-state index contributed by atoms with van der Waals surface area (Å²) in [6.07, 6.45) is 10.1. The number of methoxy groups -OCH3 is 2. The Labute approximate surface area is 154 Å². The summed E-state index contributed by atoms with van der Waals surface area (Å²) in [5.41, 5.74) is 0. The van der Waals surface area contributed by atoms with Crippen molar-refractivity contribution < 1.29 is 28.9 Å². The zero-order valence-corrected chi connectivity index (χ0v) is 15.6. The number of carbonyl (C=O) groups is 1. The van der Waals surface area contributed by atoms with Crippen LogP contribution in [0.25, 0.3) is 0 Å². The second kappa shape index (κ2) is 12.4. The van der Waals surface area contributed by atoms with Gasteiger partial charge in [0.05, 0.1) is 32.5 Å². The number of oxime groups is 1. The van der Waals surface area contributed by atoms with Crippen molar-refractivity contribution in [3.63, 3.8) is 0 Å². The standard InChI is InChI=1S/C19H29NO6/c1-5-7-15-10-11-16(18(13-21)25-15)26-20-12-17(23-3)14(2)8-6-9-19(22)24-4/h5-6,8,10-12,14-18,21H,1,7,9,13H2,2-4H3/b8-6+,20-12+/t14-,15-,16+,17-,18-/m1/s1.